The standard InChI is InChI=1S/C25H34N4O3.HI/c1-3-26-25(27-13-8-14-30-20-24-12-7-16-32-24)28-17-21-9-4-5-10-22(21)18-29(2)19-23-11-6-15-31-23;/h4-7,9-12,15-16H,3,8,13-14,17-20H2,1-2H3,(H2,26,27,28);1H. The van der Waals surface area contributed by atoms with Gasteiger partial charge in [-0.3, -0.25) is 4.90 Å². The summed E-state index contributed by atoms with van der Waals surface area (Å²) in [5, 5.41) is 6.70. The SMILES string of the molecule is CCNC(=NCc1ccccc1CN(C)Cc1ccco1)NCCCOCc1ccco1.I. The van der Waals surface area contributed by atoms with Crippen LogP contribution in [0.4, 0.5) is 0 Å². The van der Waals surface area contributed by atoms with Gasteiger partial charge < -0.3 is 24.2 Å². The zero-order valence-electron chi connectivity index (χ0n) is 19.5. The molecule has 0 saturated carbocycles. The first-order chi connectivity index (χ1) is 15.7. The van der Waals surface area contributed by atoms with E-state index in [9.17, 15) is 0 Å². The molecule has 2 aromatic heterocycles. The van der Waals surface area contributed by atoms with Crippen molar-refractivity contribution in [1.29, 1.82) is 0 Å². The summed E-state index contributed by atoms with van der Waals surface area (Å²) < 4.78 is 16.4. The van der Waals surface area contributed by atoms with Gasteiger partial charge in [0.1, 0.15) is 18.1 Å². The van der Waals surface area contributed by atoms with Crippen LogP contribution in [0, 0.1) is 0 Å². The number of hydrogen-bond acceptors (Lipinski definition) is 5. The summed E-state index contributed by atoms with van der Waals surface area (Å²) in [4.78, 5) is 7.03. The largest absolute Gasteiger partial charge is 0.468 e. The number of guanidine groups is 1. The Labute approximate surface area is 213 Å². The van der Waals surface area contributed by atoms with Gasteiger partial charge in [0.25, 0.3) is 0 Å². The number of hydrogen-bond donors (Lipinski definition) is 2. The van der Waals surface area contributed by atoms with E-state index < -0.39 is 0 Å². The van der Waals surface area contributed by atoms with E-state index in [1.807, 2.05) is 24.3 Å². The zero-order chi connectivity index (χ0) is 22.4. The first kappa shape index (κ1) is 26.9. The van der Waals surface area contributed by atoms with E-state index >= 15 is 0 Å². The molecule has 7 nitrogen and oxygen atoms in total. The maximum absolute atomic E-state index is 5.63. The van der Waals surface area contributed by atoms with Gasteiger partial charge in [0, 0.05) is 26.2 Å². The molecule has 0 bridgehead atoms. The Morgan fingerprint density at radius 3 is 2.36 bits per heavy atom. The van der Waals surface area contributed by atoms with Gasteiger partial charge in [0.05, 0.1) is 25.6 Å². The van der Waals surface area contributed by atoms with E-state index in [-0.39, 0.29) is 24.0 Å². The van der Waals surface area contributed by atoms with Crippen molar-refractivity contribution in [1.82, 2.24) is 15.5 Å². The normalized spacial score (nSPS) is 11.4. The Morgan fingerprint density at radius 1 is 0.939 bits per heavy atom. The van der Waals surface area contributed by atoms with Gasteiger partial charge in [-0.2, -0.15) is 0 Å². The van der Waals surface area contributed by atoms with Gasteiger partial charge in [-0.05, 0) is 55.8 Å². The third-order valence-electron chi connectivity index (χ3n) is 4.90. The molecule has 0 amide bonds. The highest BCUT2D eigenvalue weighted by molar-refractivity contribution is 14.0. The molecular weight excluding hydrogens is 531 g/mol. The lowest BCUT2D eigenvalue weighted by molar-refractivity contribution is 0.105. The van der Waals surface area contributed by atoms with Crippen LogP contribution < -0.4 is 10.6 Å². The second-order valence-corrected chi connectivity index (χ2v) is 7.63. The van der Waals surface area contributed by atoms with Crippen LogP contribution in [0.3, 0.4) is 0 Å². The maximum atomic E-state index is 5.63. The molecule has 180 valence electrons. The van der Waals surface area contributed by atoms with Crippen LogP contribution in [0.25, 0.3) is 0 Å². The Hall–Kier alpha value is -2.30. The molecule has 0 spiro atoms. The average molecular weight is 566 g/mol. The van der Waals surface area contributed by atoms with Crippen LogP contribution >= 0.6 is 24.0 Å². The molecule has 3 rings (SSSR count). The fourth-order valence-corrected chi connectivity index (χ4v) is 3.34. The van der Waals surface area contributed by atoms with Gasteiger partial charge in [0.15, 0.2) is 5.96 Å². The van der Waals surface area contributed by atoms with Crippen LogP contribution in [0.2, 0.25) is 0 Å². The first-order valence-electron chi connectivity index (χ1n) is 11.1. The lowest BCUT2D eigenvalue weighted by Crippen LogP contribution is -2.38. The summed E-state index contributed by atoms with van der Waals surface area (Å²) in [7, 11) is 2.10. The van der Waals surface area contributed by atoms with Gasteiger partial charge >= 0.3 is 0 Å². The molecule has 1 aromatic carbocycles. The van der Waals surface area contributed by atoms with Crippen molar-refractivity contribution in [3.63, 3.8) is 0 Å². The number of aliphatic imine (C=N–C) groups is 1. The van der Waals surface area contributed by atoms with E-state index in [2.05, 4.69) is 53.8 Å². The van der Waals surface area contributed by atoms with Crippen molar-refractivity contribution < 1.29 is 13.6 Å². The molecule has 0 saturated heterocycles. The molecule has 2 heterocycles. The van der Waals surface area contributed by atoms with E-state index in [0.29, 0.717) is 19.8 Å². The lowest BCUT2D eigenvalue weighted by Gasteiger charge is -2.17. The monoisotopic (exact) mass is 566 g/mol. The number of ether oxygens (including phenoxy) is 1. The lowest BCUT2D eigenvalue weighted by atomic mass is 10.1. The molecule has 0 aliphatic heterocycles. The molecule has 2 N–H and O–H groups in total. The Morgan fingerprint density at radius 2 is 1.67 bits per heavy atom. The quantitative estimate of drug-likeness (QED) is 0.134. The summed E-state index contributed by atoms with van der Waals surface area (Å²) in [5.74, 6) is 2.63. The highest BCUT2D eigenvalue weighted by atomic mass is 127. The minimum atomic E-state index is 0. The van der Waals surface area contributed by atoms with Crippen molar-refractivity contribution in [3.8, 4) is 0 Å². The Bertz CT molecular complexity index is 914. The summed E-state index contributed by atoms with van der Waals surface area (Å²) in [6, 6.07) is 16.2. The zero-order valence-corrected chi connectivity index (χ0v) is 21.8. The molecule has 0 aliphatic carbocycles. The Balaban J connectivity index is 0.00000385. The van der Waals surface area contributed by atoms with Crippen molar-refractivity contribution in [2.75, 3.05) is 26.7 Å². The highest BCUT2D eigenvalue weighted by Crippen LogP contribution is 2.14. The molecular formula is C25H35IN4O3. The summed E-state index contributed by atoms with van der Waals surface area (Å²) in [5.41, 5.74) is 2.49. The van der Waals surface area contributed by atoms with Crippen LogP contribution in [-0.4, -0.2) is 37.6 Å². The third-order valence-corrected chi connectivity index (χ3v) is 4.90. The maximum Gasteiger partial charge on any atom is 0.191 e. The summed E-state index contributed by atoms with van der Waals surface area (Å²) >= 11 is 0. The topological polar surface area (TPSA) is 75.2 Å². The van der Waals surface area contributed by atoms with Gasteiger partial charge in [-0.1, -0.05) is 24.3 Å². The minimum Gasteiger partial charge on any atom is -0.468 e. The predicted octanol–water partition coefficient (Wildman–Crippen LogP) is 4.78. The van der Waals surface area contributed by atoms with Gasteiger partial charge in [0.2, 0.25) is 0 Å². The van der Waals surface area contributed by atoms with E-state index in [4.69, 9.17) is 18.6 Å². The average Bonchev–Trinajstić information content (AvgIpc) is 3.49. The van der Waals surface area contributed by atoms with Crippen LogP contribution in [0.5, 0.6) is 0 Å². The smallest absolute Gasteiger partial charge is 0.191 e. The molecule has 0 fully saturated rings. The van der Waals surface area contributed by atoms with Crippen LogP contribution in [0.1, 0.15) is 36.0 Å². The second-order valence-electron chi connectivity index (χ2n) is 7.63. The minimum absolute atomic E-state index is 0. The summed E-state index contributed by atoms with van der Waals surface area (Å²) in [6.45, 7) is 7.08. The van der Waals surface area contributed by atoms with Crippen molar-refractivity contribution in [2.24, 2.45) is 4.99 Å². The fraction of sp³-hybridized carbons (Fsp3) is 0.400. The van der Waals surface area contributed by atoms with E-state index in [1.54, 1.807) is 12.5 Å². The van der Waals surface area contributed by atoms with E-state index in [1.165, 1.54) is 11.1 Å². The molecule has 0 unspecified atom stereocenters. The first-order valence-corrected chi connectivity index (χ1v) is 11.1. The van der Waals surface area contributed by atoms with Crippen molar-refractivity contribution in [2.45, 2.75) is 39.6 Å². The fourth-order valence-electron chi connectivity index (χ4n) is 3.34. The molecule has 8 heteroatoms. The predicted molar refractivity (Wildman–Crippen MR) is 142 cm³/mol. The molecule has 0 atom stereocenters. The van der Waals surface area contributed by atoms with Crippen LogP contribution in [0.15, 0.2) is 74.9 Å². The third kappa shape index (κ3) is 10.0. The van der Waals surface area contributed by atoms with Crippen molar-refractivity contribution >= 4 is 29.9 Å². The van der Waals surface area contributed by atoms with Crippen LogP contribution in [-0.2, 0) is 31.0 Å². The Kier molecular flexibility index (Phi) is 12.7. The molecule has 3 aromatic rings. The van der Waals surface area contributed by atoms with E-state index in [0.717, 1.165) is 50.1 Å². The number of furan rings is 2. The second kappa shape index (κ2) is 15.5. The number of benzene rings is 1. The number of nitrogens with zero attached hydrogens (tertiary/aromatic N) is 2. The molecule has 0 aliphatic rings. The van der Waals surface area contributed by atoms with Gasteiger partial charge in [-0.15, -0.1) is 24.0 Å². The van der Waals surface area contributed by atoms with Gasteiger partial charge in [-0.25, -0.2) is 4.99 Å². The highest BCUT2D eigenvalue weighted by Gasteiger charge is 2.08. The number of rotatable bonds is 13. The number of halogens is 1. The number of nitrogens with one attached hydrogen (secondary N) is 2. The molecule has 0 radical (unpaired) electrons. The summed E-state index contributed by atoms with van der Waals surface area (Å²) in [6.07, 6.45) is 4.26. The molecule has 33 heavy (non-hydrogen) atoms. The van der Waals surface area contributed by atoms with Crippen molar-refractivity contribution in [3.05, 3.63) is 83.7 Å².